The zero-order valence-electron chi connectivity index (χ0n) is 8.70. The maximum absolute atomic E-state index is 6.12. The van der Waals surface area contributed by atoms with E-state index in [9.17, 15) is 0 Å². The van der Waals surface area contributed by atoms with Gasteiger partial charge in [-0.15, -0.1) is 0 Å². The predicted octanol–water partition coefficient (Wildman–Crippen LogP) is 1.17. The van der Waals surface area contributed by atoms with Crippen LogP contribution >= 0.6 is 11.6 Å². The molecule has 0 aromatic heterocycles. The molecule has 2 aliphatic rings. The summed E-state index contributed by atoms with van der Waals surface area (Å²) in [5, 5.41) is 5.57. The zero-order valence-corrected chi connectivity index (χ0v) is 9.46. The van der Waals surface area contributed by atoms with E-state index in [1.165, 1.54) is 0 Å². The Balaban J connectivity index is 2.13. The highest BCUT2D eigenvalue weighted by molar-refractivity contribution is 6.31. The standard InChI is InChI=1S/C10H15ClN4/c1-7-3-2-4-8(11)9(7)14-10-13-5-6-15(10)12/h2,4,7H,3,5-6,12H2,1H3,(H,13,14). The van der Waals surface area contributed by atoms with Crippen LogP contribution in [0.15, 0.2) is 27.9 Å². The van der Waals surface area contributed by atoms with Gasteiger partial charge in [-0.1, -0.05) is 24.6 Å². The van der Waals surface area contributed by atoms with Gasteiger partial charge in [0.15, 0.2) is 0 Å². The van der Waals surface area contributed by atoms with Crippen molar-refractivity contribution in [2.24, 2.45) is 16.8 Å². The maximum Gasteiger partial charge on any atom is 0.212 e. The number of guanidine groups is 1. The summed E-state index contributed by atoms with van der Waals surface area (Å²) < 4.78 is 0. The summed E-state index contributed by atoms with van der Waals surface area (Å²) in [5.41, 5.74) is 1.01. The van der Waals surface area contributed by atoms with Crippen molar-refractivity contribution in [3.63, 3.8) is 0 Å². The Morgan fingerprint density at radius 3 is 3.07 bits per heavy atom. The molecular formula is C10H15ClN4. The summed E-state index contributed by atoms with van der Waals surface area (Å²) >= 11 is 6.12. The molecule has 1 unspecified atom stereocenters. The Bertz CT molecular complexity index is 345. The van der Waals surface area contributed by atoms with Crippen LogP contribution in [0.25, 0.3) is 0 Å². The molecule has 1 atom stereocenters. The van der Waals surface area contributed by atoms with E-state index in [0.29, 0.717) is 11.9 Å². The highest BCUT2D eigenvalue weighted by Gasteiger charge is 2.20. The molecule has 0 bridgehead atoms. The number of aliphatic imine (C=N–C) groups is 1. The average Bonchev–Trinajstić information content (AvgIpc) is 2.58. The molecule has 82 valence electrons. The quantitative estimate of drug-likeness (QED) is 0.660. The lowest BCUT2D eigenvalue weighted by atomic mass is 9.99. The van der Waals surface area contributed by atoms with Crippen molar-refractivity contribution in [1.29, 1.82) is 0 Å². The van der Waals surface area contributed by atoms with Crippen LogP contribution in [-0.4, -0.2) is 24.1 Å². The smallest absolute Gasteiger partial charge is 0.212 e. The van der Waals surface area contributed by atoms with Gasteiger partial charge < -0.3 is 5.32 Å². The van der Waals surface area contributed by atoms with Crippen LogP contribution in [-0.2, 0) is 0 Å². The highest BCUT2D eigenvalue weighted by Crippen LogP contribution is 2.25. The first-order valence-corrected chi connectivity index (χ1v) is 5.46. The molecule has 0 aromatic rings. The van der Waals surface area contributed by atoms with Crippen LogP contribution in [0.3, 0.4) is 0 Å². The third-order valence-corrected chi connectivity index (χ3v) is 2.95. The van der Waals surface area contributed by atoms with Gasteiger partial charge in [0.1, 0.15) is 0 Å². The first kappa shape index (κ1) is 10.5. The van der Waals surface area contributed by atoms with Gasteiger partial charge in [0.05, 0.1) is 18.1 Å². The van der Waals surface area contributed by atoms with Crippen LogP contribution in [0.5, 0.6) is 0 Å². The molecule has 0 fully saturated rings. The molecule has 1 aliphatic heterocycles. The van der Waals surface area contributed by atoms with Crippen molar-refractivity contribution in [2.75, 3.05) is 13.1 Å². The first-order chi connectivity index (χ1) is 7.18. The Kier molecular flexibility index (Phi) is 2.98. The maximum atomic E-state index is 6.12. The minimum absolute atomic E-state index is 0.388. The second-order valence-corrected chi connectivity index (χ2v) is 4.23. The number of hydrogen-bond acceptors (Lipinski definition) is 4. The van der Waals surface area contributed by atoms with E-state index in [0.717, 1.165) is 30.2 Å². The molecule has 1 heterocycles. The summed E-state index contributed by atoms with van der Waals surface area (Å²) in [6.07, 6.45) is 4.99. The number of nitrogens with two attached hydrogens (primary N) is 1. The number of nitrogens with one attached hydrogen (secondary N) is 1. The number of rotatable bonds is 1. The molecule has 0 radical (unpaired) electrons. The fourth-order valence-corrected chi connectivity index (χ4v) is 2.02. The topological polar surface area (TPSA) is 53.7 Å². The molecule has 4 nitrogen and oxygen atoms in total. The van der Waals surface area contributed by atoms with Gasteiger partial charge in [0, 0.05) is 11.6 Å². The monoisotopic (exact) mass is 226 g/mol. The molecule has 15 heavy (non-hydrogen) atoms. The fraction of sp³-hybridized carbons (Fsp3) is 0.500. The Labute approximate surface area is 94.5 Å². The lowest BCUT2D eigenvalue weighted by molar-refractivity contribution is 0.467. The minimum atomic E-state index is 0.388. The molecule has 0 spiro atoms. The molecule has 0 aromatic carbocycles. The van der Waals surface area contributed by atoms with Crippen molar-refractivity contribution in [1.82, 2.24) is 10.3 Å². The summed E-state index contributed by atoms with van der Waals surface area (Å²) in [6.45, 7) is 3.63. The van der Waals surface area contributed by atoms with E-state index >= 15 is 0 Å². The molecule has 0 saturated heterocycles. The SMILES string of the molecule is CC1CC=CC(Cl)=C1NC1=NCCN1N. The van der Waals surface area contributed by atoms with Crippen molar-refractivity contribution in [3.05, 3.63) is 22.9 Å². The summed E-state index contributed by atoms with van der Waals surface area (Å²) in [6, 6.07) is 0. The largest absolute Gasteiger partial charge is 0.327 e. The van der Waals surface area contributed by atoms with E-state index in [1.54, 1.807) is 5.01 Å². The molecule has 5 heteroatoms. The van der Waals surface area contributed by atoms with Crippen molar-refractivity contribution >= 4 is 17.6 Å². The summed E-state index contributed by atoms with van der Waals surface area (Å²) in [5.74, 6) is 6.84. The van der Waals surface area contributed by atoms with E-state index in [2.05, 4.69) is 23.3 Å². The molecule has 1 aliphatic carbocycles. The van der Waals surface area contributed by atoms with Gasteiger partial charge in [-0.25, -0.2) is 10.8 Å². The average molecular weight is 227 g/mol. The second kappa shape index (κ2) is 4.24. The summed E-state index contributed by atoms with van der Waals surface area (Å²) in [7, 11) is 0. The van der Waals surface area contributed by atoms with Gasteiger partial charge in [0.2, 0.25) is 5.96 Å². The van der Waals surface area contributed by atoms with Gasteiger partial charge in [0.25, 0.3) is 0 Å². The number of halogens is 1. The van der Waals surface area contributed by atoms with Gasteiger partial charge in [-0.2, -0.15) is 0 Å². The van der Waals surface area contributed by atoms with Crippen LogP contribution in [0, 0.1) is 5.92 Å². The summed E-state index contributed by atoms with van der Waals surface area (Å²) in [4.78, 5) is 4.27. The lowest BCUT2D eigenvalue weighted by Crippen LogP contribution is -2.43. The van der Waals surface area contributed by atoms with E-state index < -0.39 is 0 Å². The lowest BCUT2D eigenvalue weighted by Gasteiger charge is -2.23. The van der Waals surface area contributed by atoms with Crippen molar-refractivity contribution in [3.8, 4) is 0 Å². The normalized spacial score (nSPS) is 25.9. The molecular weight excluding hydrogens is 212 g/mol. The van der Waals surface area contributed by atoms with Gasteiger partial charge in [-0.05, 0) is 12.5 Å². The number of hydrazine groups is 1. The number of nitrogens with zero attached hydrogens (tertiary/aromatic N) is 2. The number of hydrogen-bond donors (Lipinski definition) is 2. The van der Waals surface area contributed by atoms with Crippen molar-refractivity contribution < 1.29 is 0 Å². The molecule has 0 amide bonds. The first-order valence-electron chi connectivity index (χ1n) is 5.08. The fourth-order valence-electron chi connectivity index (χ4n) is 1.69. The van der Waals surface area contributed by atoms with Gasteiger partial charge in [-0.3, -0.25) is 5.01 Å². The third kappa shape index (κ3) is 2.16. The minimum Gasteiger partial charge on any atom is -0.327 e. The zero-order chi connectivity index (χ0) is 10.8. The third-order valence-electron chi connectivity index (χ3n) is 2.62. The second-order valence-electron chi connectivity index (χ2n) is 3.82. The molecule has 3 N–H and O–H groups in total. The van der Waals surface area contributed by atoms with Crippen LogP contribution in [0.4, 0.5) is 0 Å². The molecule has 0 saturated carbocycles. The number of allylic oxidation sites excluding steroid dienone is 4. The van der Waals surface area contributed by atoms with E-state index in [-0.39, 0.29) is 0 Å². The Morgan fingerprint density at radius 1 is 1.67 bits per heavy atom. The molecule has 2 rings (SSSR count). The Hall–Kier alpha value is -1.00. The van der Waals surface area contributed by atoms with Crippen molar-refractivity contribution in [2.45, 2.75) is 13.3 Å². The van der Waals surface area contributed by atoms with Crippen LogP contribution < -0.4 is 11.2 Å². The van der Waals surface area contributed by atoms with Crippen LogP contribution in [0.2, 0.25) is 0 Å². The Morgan fingerprint density at radius 2 is 2.47 bits per heavy atom. The van der Waals surface area contributed by atoms with Gasteiger partial charge >= 0.3 is 0 Å². The van der Waals surface area contributed by atoms with Crippen LogP contribution in [0.1, 0.15) is 13.3 Å². The van der Waals surface area contributed by atoms with E-state index in [1.807, 2.05) is 6.08 Å². The predicted molar refractivity (Wildman–Crippen MR) is 62.1 cm³/mol. The highest BCUT2D eigenvalue weighted by atomic mass is 35.5. The van der Waals surface area contributed by atoms with E-state index in [4.69, 9.17) is 17.4 Å².